The largest absolute Gasteiger partial charge is 0.376 e. The van der Waals surface area contributed by atoms with Gasteiger partial charge >= 0.3 is 0 Å². The quantitative estimate of drug-likeness (QED) is 0.799. The lowest BCUT2D eigenvalue weighted by molar-refractivity contribution is 0.0102. The van der Waals surface area contributed by atoms with Crippen molar-refractivity contribution in [1.29, 1.82) is 5.26 Å². The van der Waals surface area contributed by atoms with E-state index in [-0.39, 0.29) is 11.0 Å². The Kier molecular flexibility index (Phi) is 3.66. The SMILES string of the molecule is C[C@H]1CN(S(=O)(=O)c2cccc(C#N)c2)CCO1. The minimum absolute atomic E-state index is 0.104. The molecule has 1 atom stereocenters. The van der Waals surface area contributed by atoms with Crippen LogP contribution in [0.3, 0.4) is 0 Å². The van der Waals surface area contributed by atoms with E-state index in [0.717, 1.165) is 0 Å². The Bertz CT molecular complexity index is 577. The second-order valence-corrected chi connectivity index (χ2v) is 6.12. The number of nitrogens with zero attached hydrogens (tertiary/aromatic N) is 2. The Morgan fingerprint density at radius 2 is 2.28 bits per heavy atom. The van der Waals surface area contributed by atoms with Gasteiger partial charge in [0.15, 0.2) is 0 Å². The van der Waals surface area contributed by atoms with Gasteiger partial charge in [-0.15, -0.1) is 0 Å². The second kappa shape index (κ2) is 5.06. The van der Waals surface area contributed by atoms with E-state index >= 15 is 0 Å². The topological polar surface area (TPSA) is 70.4 Å². The first-order chi connectivity index (χ1) is 8.54. The van der Waals surface area contributed by atoms with Crippen LogP contribution < -0.4 is 0 Å². The van der Waals surface area contributed by atoms with Crippen molar-refractivity contribution >= 4 is 10.0 Å². The average molecular weight is 266 g/mol. The molecule has 0 aliphatic carbocycles. The van der Waals surface area contributed by atoms with Crippen LogP contribution >= 0.6 is 0 Å². The standard InChI is InChI=1S/C12H14N2O3S/c1-10-9-14(5-6-17-10)18(15,16)12-4-2-3-11(7-12)8-13/h2-4,7,10H,5-6,9H2,1H3/t10-/m0/s1. The molecule has 0 aromatic heterocycles. The van der Waals surface area contributed by atoms with E-state index < -0.39 is 10.0 Å². The highest BCUT2D eigenvalue weighted by Gasteiger charge is 2.29. The predicted octanol–water partition coefficient (Wildman–Crippen LogP) is 0.968. The number of nitriles is 1. The molecule has 2 rings (SSSR count). The van der Waals surface area contributed by atoms with Gasteiger partial charge in [-0.2, -0.15) is 9.57 Å². The lowest BCUT2D eigenvalue weighted by Gasteiger charge is -2.30. The third-order valence-corrected chi connectivity index (χ3v) is 4.67. The van der Waals surface area contributed by atoms with E-state index in [4.69, 9.17) is 10.00 Å². The van der Waals surface area contributed by atoms with E-state index in [0.29, 0.717) is 25.3 Å². The van der Waals surface area contributed by atoms with Crippen LogP contribution in [0.1, 0.15) is 12.5 Å². The van der Waals surface area contributed by atoms with Crippen LogP contribution in [0.5, 0.6) is 0 Å². The van der Waals surface area contributed by atoms with E-state index in [1.54, 1.807) is 12.1 Å². The first kappa shape index (κ1) is 13.0. The molecule has 1 saturated heterocycles. The van der Waals surface area contributed by atoms with Crippen LogP contribution in [0.15, 0.2) is 29.2 Å². The number of hydrogen-bond acceptors (Lipinski definition) is 4. The first-order valence-electron chi connectivity index (χ1n) is 5.66. The maximum atomic E-state index is 12.4. The molecular formula is C12H14N2O3S. The van der Waals surface area contributed by atoms with Crippen LogP contribution in [0.25, 0.3) is 0 Å². The highest BCUT2D eigenvalue weighted by molar-refractivity contribution is 7.89. The van der Waals surface area contributed by atoms with E-state index in [2.05, 4.69) is 0 Å². The predicted molar refractivity (Wildman–Crippen MR) is 65.3 cm³/mol. The summed E-state index contributed by atoms with van der Waals surface area (Å²) in [6.07, 6.45) is -0.104. The molecule has 1 aliphatic rings. The maximum Gasteiger partial charge on any atom is 0.243 e. The summed E-state index contributed by atoms with van der Waals surface area (Å²) in [6.45, 7) is 2.94. The summed E-state index contributed by atoms with van der Waals surface area (Å²) in [4.78, 5) is 0.163. The zero-order valence-corrected chi connectivity index (χ0v) is 10.9. The van der Waals surface area contributed by atoms with Gasteiger partial charge < -0.3 is 4.74 Å². The summed E-state index contributed by atoms with van der Waals surface area (Å²) in [5.41, 5.74) is 0.345. The van der Waals surface area contributed by atoms with Crippen molar-refractivity contribution in [1.82, 2.24) is 4.31 Å². The summed E-state index contributed by atoms with van der Waals surface area (Å²) >= 11 is 0. The zero-order valence-electron chi connectivity index (χ0n) is 10.0. The Hall–Kier alpha value is -1.42. The Balaban J connectivity index is 2.33. The fourth-order valence-electron chi connectivity index (χ4n) is 1.88. The number of hydrogen-bond donors (Lipinski definition) is 0. The monoisotopic (exact) mass is 266 g/mol. The van der Waals surface area contributed by atoms with Gasteiger partial charge in [0.2, 0.25) is 10.0 Å². The zero-order chi connectivity index (χ0) is 13.2. The highest BCUT2D eigenvalue weighted by atomic mass is 32.2. The smallest absolute Gasteiger partial charge is 0.243 e. The molecule has 1 aliphatic heterocycles. The van der Waals surface area contributed by atoms with Crippen LogP contribution in [0, 0.1) is 11.3 Å². The van der Waals surface area contributed by atoms with Crippen LogP contribution in [0.4, 0.5) is 0 Å². The molecule has 5 nitrogen and oxygen atoms in total. The van der Waals surface area contributed by atoms with Gasteiger partial charge in [-0.3, -0.25) is 0 Å². The summed E-state index contributed by atoms with van der Waals surface area (Å²) in [5, 5.41) is 8.80. The number of sulfonamides is 1. The number of ether oxygens (including phenoxy) is 1. The van der Waals surface area contributed by atoms with Crippen LogP contribution in [0.2, 0.25) is 0 Å². The molecule has 1 aromatic rings. The Labute approximate surface area is 107 Å². The second-order valence-electron chi connectivity index (χ2n) is 4.18. The Morgan fingerprint density at radius 1 is 1.50 bits per heavy atom. The molecule has 1 heterocycles. The van der Waals surface area contributed by atoms with Crippen molar-refractivity contribution in [3.8, 4) is 6.07 Å². The highest BCUT2D eigenvalue weighted by Crippen LogP contribution is 2.19. The minimum Gasteiger partial charge on any atom is -0.376 e. The van der Waals surface area contributed by atoms with Gasteiger partial charge in [-0.1, -0.05) is 6.07 Å². The number of rotatable bonds is 2. The molecule has 0 saturated carbocycles. The molecular weight excluding hydrogens is 252 g/mol. The van der Waals surface area contributed by atoms with Gasteiger partial charge in [-0.25, -0.2) is 8.42 Å². The summed E-state index contributed by atoms with van der Waals surface area (Å²) in [7, 11) is -3.53. The van der Waals surface area contributed by atoms with Crippen LogP contribution in [-0.2, 0) is 14.8 Å². The molecule has 0 N–H and O–H groups in total. The molecule has 1 aromatic carbocycles. The maximum absolute atomic E-state index is 12.4. The third-order valence-electron chi connectivity index (χ3n) is 2.80. The summed E-state index contributed by atoms with van der Waals surface area (Å²) in [5.74, 6) is 0. The third kappa shape index (κ3) is 2.53. The normalized spacial score (nSPS) is 21.4. The molecule has 0 amide bonds. The Morgan fingerprint density at radius 3 is 2.94 bits per heavy atom. The van der Waals surface area contributed by atoms with Crippen molar-refractivity contribution in [3.05, 3.63) is 29.8 Å². The van der Waals surface area contributed by atoms with Crippen molar-refractivity contribution in [3.63, 3.8) is 0 Å². The lowest BCUT2D eigenvalue weighted by Crippen LogP contribution is -2.44. The van der Waals surface area contributed by atoms with Crippen molar-refractivity contribution in [2.24, 2.45) is 0 Å². The van der Waals surface area contributed by atoms with E-state index in [9.17, 15) is 8.42 Å². The number of benzene rings is 1. The fraction of sp³-hybridized carbons (Fsp3) is 0.417. The molecule has 1 fully saturated rings. The molecule has 96 valence electrons. The molecule has 0 spiro atoms. The summed E-state index contributed by atoms with van der Waals surface area (Å²) < 4.78 is 31.4. The van der Waals surface area contributed by atoms with Gasteiger partial charge in [0, 0.05) is 13.1 Å². The molecule has 0 bridgehead atoms. The molecule has 0 radical (unpaired) electrons. The lowest BCUT2D eigenvalue weighted by atomic mass is 10.2. The molecule has 0 unspecified atom stereocenters. The van der Waals surface area contributed by atoms with Crippen molar-refractivity contribution in [2.75, 3.05) is 19.7 Å². The summed E-state index contributed by atoms with van der Waals surface area (Å²) in [6, 6.07) is 8.01. The van der Waals surface area contributed by atoms with Gasteiger partial charge in [0.1, 0.15) is 0 Å². The molecule has 6 heteroatoms. The first-order valence-corrected chi connectivity index (χ1v) is 7.10. The fourth-order valence-corrected chi connectivity index (χ4v) is 3.43. The van der Waals surface area contributed by atoms with Crippen molar-refractivity contribution in [2.45, 2.75) is 17.9 Å². The van der Waals surface area contributed by atoms with Gasteiger partial charge in [0.25, 0.3) is 0 Å². The van der Waals surface area contributed by atoms with Gasteiger partial charge in [-0.05, 0) is 25.1 Å². The van der Waals surface area contributed by atoms with Gasteiger partial charge in [0.05, 0.1) is 29.2 Å². The number of morpholine rings is 1. The average Bonchev–Trinajstić information content (AvgIpc) is 2.39. The minimum atomic E-state index is -3.53. The van der Waals surface area contributed by atoms with Crippen LogP contribution in [-0.4, -0.2) is 38.5 Å². The van der Waals surface area contributed by atoms with Crippen molar-refractivity contribution < 1.29 is 13.2 Å². The van der Waals surface area contributed by atoms with E-state index in [1.807, 2.05) is 13.0 Å². The van der Waals surface area contributed by atoms with E-state index in [1.165, 1.54) is 16.4 Å². The molecule has 18 heavy (non-hydrogen) atoms.